The van der Waals surface area contributed by atoms with Crippen molar-refractivity contribution in [2.24, 2.45) is 4.99 Å². The van der Waals surface area contributed by atoms with Crippen molar-refractivity contribution in [3.63, 3.8) is 0 Å². The maximum atomic E-state index is 12.4. The highest BCUT2D eigenvalue weighted by atomic mass is 32.1. The minimum absolute atomic E-state index is 0.0823. The van der Waals surface area contributed by atoms with Gasteiger partial charge in [0.05, 0.1) is 17.3 Å². The third-order valence-electron chi connectivity index (χ3n) is 4.30. The number of benzene rings is 2. The van der Waals surface area contributed by atoms with Crippen LogP contribution in [0.4, 0.5) is 0 Å². The zero-order valence-electron chi connectivity index (χ0n) is 15.8. The van der Waals surface area contributed by atoms with Gasteiger partial charge >= 0.3 is 5.97 Å². The second-order valence-corrected chi connectivity index (χ2v) is 7.34. The Hall–Kier alpha value is -3.33. The van der Waals surface area contributed by atoms with Crippen LogP contribution in [-0.4, -0.2) is 37.0 Å². The molecule has 1 aromatic heterocycles. The predicted octanol–water partition coefficient (Wildman–Crippen LogP) is 2.42. The van der Waals surface area contributed by atoms with Crippen LogP contribution in [0.1, 0.15) is 5.56 Å². The molecule has 0 atom stereocenters. The number of hydrogen-bond acceptors (Lipinski definition) is 7. The van der Waals surface area contributed by atoms with Crippen molar-refractivity contribution < 1.29 is 28.5 Å². The number of rotatable bonds is 5. The maximum Gasteiger partial charge on any atom is 0.325 e. The van der Waals surface area contributed by atoms with Crippen LogP contribution in [0.2, 0.25) is 0 Å². The maximum absolute atomic E-state index is 12.4. The third-order valence-corrected chi connectivity index (χ3v) is 5.34. The molecule has 1 amide bonds. The van der Waals surface area contributed by atoms with Crippen molar-refractivity contribution in [1.82, 2.24) is 4.57 Å². The average Bonchev–Trinajstić information content (AvgIpc) is 3.30. The van der Waals surface area contributed by atoms with Gasteiger partial charge in [-0.1, -0.05) is 29.0 Å². The largest absolute Gasteiger partial charge is 0.484 e. The fourth-order valence-corrected chi connectivity index (χ4v) is 3.87. The number of methoxy groups -OCH3 is 1. The zero-order valence-corrected chi connectivity index (χ0v) is 16.7. The summed E-state index contributed by atoms with van der Waals surface area (Å²) in [5.74, 6) is 0.866. The van der Waals surface area contributed by atoms with Gasteiger partial charge in [0.15, 0.2) is 22.9 Å². The van der Waals surface area contributed by atoms with Gasteiger partial charge in [-0.25, -0.2) is 0 Å². The van der Waals surface area contributed by atoms with E-state index in [0.29, 0.717) is 27.6 Å². The van der Waals surface area contributed by atoms with Gasteiger partial charge in [-0.3, -0.25) is 9.59 Å². The molecule has 0 spiro atoms. The molecular formula is C20H18N2O6S. The Morgan fingerprint density at radius 1 is 1.17 bits per heavy atom. The van der Waals surface area contributed by atoms with Gasteiger partial charge in [0, 0.05) is 12.1 Å². The molecule has 0 saturated carbocycles. The smallest absolute Gasteiger partial charge is 0.325 e. The van der Waals surface area contributed by atoms with E-state index in [1.54, 1.807) is 22.8 Å². The average molecular weight is 414 g/mol. The summed E-state index contributed by atoms with van der Waals surface area (Å²) in [7, 11) is 1.31. The minimum Gasteiger partial charge on any atom is -0.484 e. The summed E-state index contributed by atoms with van der Waals surface area (Å²) >= 11 is 1.27. The highest BCUT2D eigenvalue weighted by molar-refractivity contribution is 7.16. The lowest BCUT2D eigenvalue weighted by Crippen LogP contribution is -2.23. The molecule has 0 aliphatic carbocycles. The standard InChI is InChI=1S/C20H18N2O6S/c1-12-3-5-13(6-4-12)26-10-18(23)21-20-22(9-19(24)25-2)14-7-15-16(28-11-27-15)8-17(14)29-20/h3-8H,9-11H2,1-2H3. The summed E-state index contributed by atoms with van der Waals surface area (Å²) in [4.78, 5) is 28.8. The van der Waals surface area contributed by atoms with E-state index >= 15 is 0 Å². The first-order chi connectivity index (χ1) is 14.0. The van der Waals surface area contributed by atoms with Crippen molar-refractivity contribution in [3.05, 3.63) is 46.8 Å². The summed E-state index contributed by atoms with van der Waals surface area (Å²) in [5.41, 5.74) is 1.80. The monoisotopic (exact) mass is 414 g/mol. The van der Waals surface area contributed by atoms with Crippen LogP contribution in [0.25, 0.3) is 10.2 Å². The number of esters is 1. The Morgan fingerprint density at radius 2 is 1.90 bits per heavy atom. The third kappa shape index (κ3) is 4.09. The van der Waals surface area contributed by atoms with Gasteiger partial charge in [-0.15, -0.1) is 0 Å². The molecule has 3 aromatic rings. The number of ether oxygens (including phenoxy) is 4. The van der Waals surface area contributed by atoms with E-state index in [1.165, 1.54) is 18.4 Å². The van der Waals surface area contributed by atoms with Crippen LogP contribution in [0.3, 0.4) is 0 Å². The number of nitrogens with zero attached hydrogens (tertiary/aromatic N) is 2. The molecule has 0 saturated heterocycles. The van der Waals surface area contributed by atoms with Crippen molar-refractivity contribution in [3.8, 4) is 17.2 Å². The second kappa shape index (κ2) is 7.96. The predicted molar refractivity (Wildman–Crippen MR) is 105 cm³/mol. The molecule has 29 heavy (non-hydrogen) atoms. The van der Waals surface area contributed by atoms with Gasteiger partial charge in [0.1, 0.15) is 12.3 Å². The van der Waals surface area contributed by atoms with Crippen LogP contribution >= 0.6 is 11.3 Å². The van der Waals surface area contributed by atoms with Gasteiger partial charge in [-0.2, -0.15) is 4.99 Å². The van der Waals surface area contributed by atoms with E-state index in [9.17, 15) is 9.59 Å². The molecule has 2 heterocycles. The summed E-state index contributed by atoms with van der Waals surface area (Å²) in [6.45, 7) is 1.83. The van der Waals surface area contributed by atoms with Crippen molar-refractivity contribution in [2.45, 2.75) is 13.5 Å². The number of amides is 1. The highest BCUT2D eigenvalue weighted by Gasteiger charge is 2.19. The highest BCUT2D eigenvalue weighted by Crippen LogP contribution is 2.37. The fraction of sp³-hybridized carbons (Fsp3) is 0.250. The lowest BCUT2D eigenvalue weighted by Gasteiger charge is -2.05. The lowest BCUT2D eigenvalue weighted by molar-refractivity contribution is -0.141. The fourth-order valence-electron chi connectivity index (χ4n) is 2.81. The second-order valence-electron chi connectivity index (χ2n) is 6.33. The summed E-state index contributed by atoms with van der Waals surface area (Å²) in [5, 5.41) is 0. The Labute approximate surface area is 169 Å². The Balaban J connectivity index is 1.65. The number of thiazole rings is 1. The molecule has 1 aliphatic heterocycles. The molecule has 2 aromatic carbocycles. The van der Waals surface area contributed by atoms with Gasteiger partial charge in [0.25, 0.3) is 5.91 Å². The number of aromatic nitrogens is 1. The van der Waals surface area contributed by atoms with Crippen LogP contribution in [0.15, 0.2) is 41.4 Å². The zero-order chi connectivity index (χ0) is 20.4. The summed E-state index contributed by atoms with van der Waals surface area (Å²) in [6, 6.07) is 11.0. The van der Waals surface area contributed by atoms with E-state index in [0.717, 1.165) is 10.3 Å². The van der Waals surface area contributed by atoms with E-state index in [1.807, 2.05) is 25.1 Å². The molecule has 150 valence electrons. The molecule has 0 bridgehead atoms. The van der Waals surface area contributed by atoms with Crippen molar-refractivity contribution in [2.75, 3.05) is 20.5 Å². The Kier molecular flexibility index (Phi) is 5.22. The minimum atomic E-state index is -0.462. The van der Waals surface area contributed by atoms with Crippen LogP contribution in [-0.2, 0) is 20.9 Å². The van der Waals surface area contributed by atoms with Crippen LogP contribution in [0, 0.1) is 6.92 Å². The molecule has 0 unspecified atom stereocenters. The number of fused-ring (bicyclic) bond motifs is 2. The van der Waals surface area contributed by atoms with Gasteiger partial charge < -0.3 is 23.5 Å². The molecule has 0 fully saturated rings. The summed E-state index contributed by atoms with van der Waals surface area (Å²) in [6.07, 6.45) is 0. The first-order valence-corrected chi connectivity index (χ1v) is 9.62. The first kappa shape index (κ1) is 19.0. The molecule has 1 aliphatic rings. The number of aryl methyl sites for hydroxylation is 1. The molecule has 9 heteroatoms. The topological polar surface area (TPSA) is 88.4 Å². The molecule has 4 rings (SSSR count). The van der Waals surface area contributed by atoms with Gasteiger partial charge in [-0.05, 0) is 19.1 Å². The van der Waals surface area contributed by atoms with E-state index in [4.69, 9.17) is 18.9 Å². The van der Waals surface area contributed by atoms with Gasteiger partial charge in [0.2, 0.25) is 6.79 Å². The summed E-state index contributed by atoms with van der Waals surface area (Å²) < 4.78 is 23.5. The van der Waals surface area contributed by atoms with Crippen LogP contribution < -0.4 is 19.0 Å². The quantitative estimate of drug-likeness (QED) is 0.596. The first-order valence-electron chi connectivity index (χ1n) is 8.80. The Morgan fingerprint density at radius 3 is 2.62 bits per heavy atom. The molecule has 8 nitrogen and oxygen atoms in total. The number of hydrogen-bond donors (Lipinski definition) is 0. The van der Waals surface area contributed by atoms with Crippen LogP contribution in [0.5, 0.6) is 17.2 Å². The number of carbonyl (C=O) groups excluding carboxylic acids is 2. The lowest BCUT2D eigenvalue weighted by atomic mass is 10.2. The van der Waals surface area contributed by atoms with Crippen molar-refractivity contribution >= 4 is 33.4 Å². The van der Waals surface area contributed by atoms with Crippen molar-refractivity contribution in [1.29, 1.82) is 0 Å². The van der Waals surface area contributed by atoms with E-state index in [2.05, 4.69) is 4.99 Å². The SMILES string of the molecule is COC(=O)Cn1c(=NC(=O)COc2ccc(C)cc2)sc2cc3c(cc21)OCO3. The molecule has 0 radical (unpaired) electrons. The normalized spacial score (nSPS) is 13.0. The van der Waals surface area contributed by atoms with E-state index in [-0.39, 0.29) is 19.9 Å². The Bertz CT molecular complexity index is 1150. The van der Waals surface area contributed by atoms with E-state index < -0.39 is 11.9 Å². The number of carbonyl (C=O) groups is 2. The molecular weight excluding hydrogens is 396 g/mol. The molecule has 0 N–H and O–H groups in total.